The van der Waals surface area contributed by atoms with Crippen LogP contribution in [0.4, 0.5) is 77.0 Å². The first kappa shape index (κ1) is 74.3. The first-order chi connectivity index (χ1) is 49.2. The van der Waals surface area contributed by atoms with E-state index in [2.05, 4.69) is 71.3 Å². The number of nitrogens with one attached hydrogen (secondary N) is 4. The Balaban J connectivity index is 0.000000160. The van der Waals surface area contributed by atoms with Crippen molar-refractivity contribution in [3.63, 3.8) is 0 Å². The molecule has 0 spiro atoms. The van der Waals surface area contributed by atoms with E-state index < -0.39 is 57.7 Å². The number of methoxy groups -OCH3 is 1. The number of rotatable bonds is 13. The van der Waals surface area contributed by atoms with E-state index in [1.807, 2.05) is 0 Å². The Bertz CT molecular complexity index is 5500. The number of hydrogen-bond acceptors (Lipinski definition) is 19. The van der Waals surface area contributed by atoms with Crippen molar-refractivity contribution in [3.8, 4) is 50.8 Å². The SMILES string of the molecule is COc1ccc(-c2[nH]n(C(N)=S)c(=O)c2N=Nc2cccc(Cl)c2)cc1.NC(=O)n1[nH]c(-c2ccc(F)cc2)c(N=Nc2cccnc2)c1=O.NC(=O)n1[nH]c(-c2ccc(F)cc2)c(N=Nc2cncc(Cl)c2)c1=O.NC(=S)n1[nH]c(-c2ccc(C(F)(F)F)cc2)c(N=Nc2cccc(Cl)c2)c1=O. The standard InChI is InChI=1S/C17H11ClF3N5OS.C17H14ClN5O2S.C15H10ClFN6O2.C15H11FN6O2/c18-11-2-1-3-12(8-11)23-24-14-13(25-26(15(14)27)16(22)28)9-4-6-10(7-5-9)17(19,20)21;1-25-13-7-5-10(6-8-13)14-15(16(24)23(22-14)17(19)26)21-20-12-4-2-3-11(18)9-12;16-9-5-11(7-19-6-9)20-21-13-12(8-1-3-10(17)4-2-8)22-23(14(13)24)15(18)25;16-10-5-3-9(4-6-10)12-13(14(23)22(21-12)15(17)24)20-19-11-2-1-7-18-8-11/h1-8,25H,(H2,22,28);2-9,22H,1H3,(H2,19,26);1-7,22H,(H2,18,25);1-8,21H,(H2,17,24). The summed E-state index contributed by atoms with van der Waals surface area (Å²) < 4.78 is 72.8. The first-order valence-electron chi connectivity index (χ1n) is 28.8. The van der Waals surface area contributed by atoms with Crippen molar-refractivity contribution in [2.75, 3.05) is 7.11 Å². The fraction of sp³-hybridized carbons (Fsp3) is 0.0312. The molecule has 0 fully saturated rings. The van der Waals surface area contributed by atoms with Crippen molar-refractivity contribution in [1.82, 2.24) is 49.1 Å². The summed E-state index contributed by atoms with van der Waals surface area (Å²) in [5, 5.41) is 43.2. The Morgan fingerprint density at radius 2 is 0.777 bits per heavy atom. The quantitative estimate of drug-likeness (QED) is 0.0303. The molecule has 0 saturated heterocycles. The van der Waals surface area contributed by atoms with Crippen LogP contribution in [0.15, 0.2) is 249 Å². The lowest BCUT2D eigenvalue weighted by atomic mass is 10.1. The van der Waals surface area contributed by atoms with Gasteiger partial charge in [0.05, 0.1) is 64.2 Å². The highest BCUT2D eigenvalue weighted by Crippen LogP contribution is 2.35. The molecule has 12 rings (SSSR count). The number of primary amides is 2. The molecule has 12 aromatic rings. The molecule has 2 amide bonds. The molecule has 0 aliphatic rings. The molecular weight excluding hydrogens is 1450 g/mol. The van der Waals surface area contributed by atoms with Crippen LogP contribution in [0, 0.1) is 11.6 Å². The lowest BCUT2D eigenvalue weighted by Crippen LogP contribution is -2.29. The minimum Gasteiger partial charge on any atom is -0.497 e. The third kappa shape index (κ3) is 18.9. The fourth-order valence-corrected chi connectivity index (χ4v) is 9.50. The second-order valence-corrected chi connectivity index (χ2v) is 22.6. The number of carbonyl (C=O) groups is 2. The predicted octanol–water partition coefficient (Wildman–Crippen LogP) is 15.1. The number of pyridine rings is 2. The van der Waals surface area contributed by atoms with Crippen LogP contribution in [0.25, 0.3) is 45.0 Å². The summed E-state index contributed by atoms with van der Waals surface area (Å²) in [6.07, 6.45) is 1.36. The number of thiocarbonyl (C=S) groups is 2. The van der Waals surface area contributed by atoms with Gasteiger partial charge in [-0.15, -0.1) is 30.7 Å². The van der Waals surface area contributed by atoms with Gasteiger partial charge >= 0.3 is 40.5 Å². The Kier molecular flexibility index (Phi) is 24.0. The van der Waals surface area contributed by atoms with E-state index in [1.165, 1.54) is 91.4 Å². The van der Waals surface area contributed by atoms with Gasteiger partial charge in [-0.25, -0.2) is 18.4 Å². The minimum atomic E-state index is -4.48. The lowest BCUT2D eigenvalue weighted by Gasteiger charge is -2.07. The molecule has 0 saturated carbocycles. The van der Waals surface area contributed by atoms with Crippen molar-refractivity contribution in [2.45, 2.75) is 6.18 Å². The van der Waals surface area contributed by atoms with E-state index in [0.717, 1.165) is 21.5 Å². The van der Waals surface area contributed by atoms with Crippen molar-refractivity contribution >= 4 is 127 Å². The third-order valence-corrected chi connectivity index (χ3v) is 14.5. The van der Waals surface area contributed by atoms with Crippen molar-refractivity contribution < 1.29 is 36.3 Å². The van der Waals surface area contributed by atoms with Gasteiger partial charge < -0.3 is 27.7 Å². The van der Waals surface area contributed by atoms with E-state index in [0.29, 0.717) is 75.3 Å². The highest BCUT2D eigenvalue weighted by atomic mass is 35.5. The number of hydrogen-bond donors (Lipinski definition) is 8. The number of ether oxygens (including phenoxy) is 1. The maximum Gasteiger partial charge on any atom is 0.416 e. The number of aromatic amines is 4. The molecule has 6 aromatic carbocycles. The number of alkyl halides is 3. The van der Waals surface area contributed by atoms with Crippen LogP contribution >= 0.6 is 59.2 Å². The summed E-state index contributed by atoms with van der Waals surface area (Å²) in [4.78, 5) is 80.2. The van der Waals surface area contributed by atoms with Crippen LogP contribution in [0.2, 0.25) is 15.1 Å². The predicted molar refractivity (Wildman–Crippen MR) is 381 cm³/mol. The van der Waals surface area contributed by atoms with Crippen molar-refractivity contribution in [2.24, 2.45) is 63.8 Å². The topological polar surface area (TPSA) is 423 Å². The molecule has 0 aliphatic heterocycles. The van der Waals surface area contributed by atoms with Gasteiger partial charge in [-0.2, -0.15) is 42.1 Å². The zero-order valence-corrected chi connectivity index (χ0v) is 56.1. The van der Waals surface area contributed by atoms with E-state index >= 15 is 0 Å². The van der Waals surface area contributed by atoms with E-state index in [1.54, 1.807) is 92.2 Å². The number of aromatic nitrogens is 10. The largest absolute Gasteiger partial charge is 0.497 e. The van der Waals surface area contributed by atoms with Gasteiger partial charge in [0.15, 0.2) is 33.0 Å². The first-order valence-corrected chi connectivity index (χ1v) is 30.7. The summed E-state index contributed by atoms with van der Waals surface area (Å²) in [7, 11) is 1.57. The van der Waals surface area contributed by atoms with Crippen LogP contribution in [0.3, 0.4) is 0 Å². The molecule has 0 aliphatic carbocycles. The normalized spacial score (nSPS) is 11.3. The van der Waals surface area contributed by atoms with Crippen molar-refractivity contribution in [3.05, 3.63) is 262 Å². The number of amides is 2. The Morgan fingerprint density at radius 3 is 1.13 bits per heavy atom. The van der Waals surface area contributed by atoms with E-state index in [-0.39, 0.29) is 55.6 Å². The highest BCUT2D eigenvalue weighted by molar-refractivity contribution is 7.80. The Hall–Kier alpha value is -12.9. The molecule has 0 bridgehead atoms. The number of nitrogens with two attached hydrogens (primary N) is 4. The number of nitrogens with zero attached hydrogens (tertiary/aromatic N) is 14. The van der Waals surface area contributed by atoms with Crippen LogP contribution in [0.1, 0.15) is 5.56 Å². The molecule has 29 nitrogen and oxygen atoms in total. The maximum absolute atomic E-state index is 13.1. The molecular formula is C64H46Cl3F5N22O7S2. The zero-order chi connectivity index (χ0) is 74.2. The van der Waals surface area contributed by atoms with Gasteiger partial charge in [0.1, 0.15) is 28.8 Å². The van der Waals surface area contributed by atoms with Gasteiger partial charge in [-0.3, -0.25) is 49.5 Å². The summed E-state index contributed by atoms with van der Waals surface area (Å²) in [5.74, 6) is -0.199. The second-order valence-electron chi connectivity index (χ2n) is 20.4. The van der Waals surface area contributed by atoms with Crippen LogP contribution < -0.4 is 49.9 Å². The third-order valence-electron chi connectivity index (χ3n) is 13.5. The monoisotopic (exact) mass is 1500 g/mol. The molecule has 39 heteroatoms. The average Bonchev–Trinajstić information content (AvgIpc) is 1.67. The number of H-pyrrole nitrogens is 4. The summed E-state index contributed by atoms with van der Waals surface area (Å²) in [6, 6.07) is 37.9. The fourth-order valence-electron chi connectivity index (χ4n) is 8.70. The van der Waals surface area contributed by atoms with Gasteiger partial charge in [0.25, 0.3) is 0 Å². The highest BCUT2D eigenvalue weighted by Gasteiger charge is 2.31. The molecule has 6 heterocycles. The number of benzene rings is 6. The van der Waals surface area contributed by atoms with Gasteiger partial charge in [-0.05, 0) is 164 Å². The summed E-state index contributed by atoms with van der Waals surface area (Å²) in [5.41, 5.74) is 22.0. The average molecular weight is 1500 g/mol. The molecule has 6 aromatic heterocycles. The second kappa shape index (κ2) is 33.3. The van der Waals surface area contributed by atoms with E-state index in [4.69, 9.17) is 86.9 Å². The molecule has 522 valence electrons. The van der Waals surface area contributed by atoms with Gasteiger partial charge in [0, 0.05) is 44.7 Å². The Morgan fingerprint density at radius 1 is 0.437 bits per heavy atom. The molecule has 0 unspecified atom stereocenters. The lowest BCUT2D eigenvalue weighted by molar-refractivity contribution is -0.137. The van der Waals surface area contributed by atoms with Gasteiger partial charge in [0.2, 0.25) is 0 Å². The Labute approximate surface area is 599 Å². The number of carbonyl (C=O) groups excluding carboxylic acids is 2. The molecule has 0 atom stereocenters. The van der Waals surface area contributed by atoms with Crippen LogP contribution in [-0.2, 0) is 6.18 Å². The number of azo groups is 4. The maximum atomic E-state index is 13.1. The molecule has 12 N–H and O–H groups in total. The zero-order valence-electron chi connectivity index (χ0n) is 52.2. The molecule has 0 radical (unpaired) electrons. The molecule has 103 heavy (non-hydrogen) atoms. The van der Waals surface area contributed by atoms with Crippen LogP contribution in [-0.4, -0.2) is 78.5 Å². The summed E-state index contributed by atoms with van der Waals surface area (Å²) >= 11 is 27.4. The smallest absolute Gasteiger partial charge is 0.416 e. The minimum absolute atomic E-state index is 0.0861. The van der Waals surface area contributed by atoms with E-state index in [9.17, 15) is 50.7 Å². The van der Waals surface area contributed by atoms with Gasteiger partial charge in [-0.1, -0.05) is 59.1 Å². The van der Waals surface area contributed by atoms with Crippen LogP contribution in [0.5, 0.6) is 5.75 Å². The number of halogens is 8. The van der Waals surface area contributed by atoms with Crippen molar-refractivity contribution in [1.29, 1.82) is 0 Å². The summed E-state index contributed by atoms with van der Waals surface area (Å²) in [6.45, 7) is 0.